The predicted molar refractivity (Wildman–Crippen MR) is 73.8 cm³/mol. The zero-order valence-electron chi connectivity index (χ0n) is 11.6. The lowest BCUT2D eigenvalue weighted by molar-refractivity contribution is 0.183. The quantitative estimate of drug-likeness (QED) is 0.880. The van der Waals surface area contributed by atoms with Gasteiger partial charge in [-0.25, -0.2) is 0 Å². The summed E-state index contributed by atoms with van der Waals surface area (Å²) >= 11 is 0. The molecular weight excluding hydrogens is 226 g/mol. The van der Waals surface area contributed by atoms with Crippen LogP contribution in [0.1, 0.15) is 29.4 Å². The average molecular weight is 247 g/mol. The molecule has 0 atom stereocenters. The van der Waals surface area contributed by atoms with Crippen molar-refractivity contribution in [3.63, 3.8) is 0 Å². The summed E-state index contributed by atoms with van der Waals surface area (Å²) in [4.78, 5) is 0. The summed E-state index contributed by atoms with van der Waals surface area (Å²) in [7, 11) is 1.72. The number of aryl methyl sites for hydroxylation is 2. The fourth-order valence-corrected chi connectivity index (χ4v) is 2.14. The Hall–Kier alpha value is -1.32. The molecule has 3 heteroatoms. The normalized spacial score (nSPS) is 11.3. The first-order valence-electron chi connectivity index (χ1n) is 6.38. The molecule has 0 fully saturated rings. The highest BCUT2D eigenvalue weighted by atomic mass is 16.5. The van der Waals surface area contributed by atoms with E-state index in [1.54, 1.807) is 7.11 Å². The third-order valence-corrected chi connectivity index (χ3v) is 3.32. The molecular formula is C15H21NO2. The first kappa shape index (κ1) is 13.1. The fourth-order valence-electron chi connectivity index (χ4n) is 2.14. The third-order valence-electron chi connectivity index (χ3n) is 3.32. The number of furan rings is 1. The Kier molecular flexibility index (Phi) is 4.04. The van der Waals surface area contributed by atoms with Crippen molar-refractivity contribution in [1.29, 1.82) is 0 Å². The molecule has 1 aromatic carbocycles. The highest BCUT2D eigenvalue weighted by molar-refractivity contribution is 5.83. The molecule has 1 aromatic heterocycles. The molecule has 98 valence electrons. The van der Waals surface area contributed by atoms with Crippen molar-refractivity contribution in [3.05, 3.63) is 34.6 Å². The number of benzene rings is 1. The van der Waals surface area contributed by atoms with Gasteiger partial charge in [0.25, 0.3) is 0 Å². The van der Waals surface area contributed by atoms with Crippen LogP contribution in [0, 0.1) is 13.8 Å². The zero-order valence-corrected chi connectivity index (χ0v) is 11.6. The van der Waals surface area contributed by atoms with E-state index in [0.717, 1.165) is 30.0 Å². The monoisotopic (exact) mass is 247 g/mol. The van der Waals surface area contributed by atoms with Crippen LogP contribution in [-0.4, -0.2) is 13.7 Å². The number of rotatable bonds is 5. The lowest BCUT2D eigenvalue weighted by Crippen LogP contribution is -2.12. The summed E-state index contributed by atoms with van der Waals surface area (Å²) in [5.41, 5.74) is 4.67. The standard InChI is InChI=1S/C15H21NO2/c1-5-16-8-15-13(9-17-4)12-6-10(2)11(3)7-14(12)18-15/h6-7,16H,5,8-9H2,1-4H3. The second-order valence-electron chi connectivity index (χ2n) is 4.65. The SMILES string of the molecule is CCNCc1oc2cc(C)c(C)cc2c1COC. The Labute approximate surface area is 108 Å². The van der Waals surface area contributed by atoms with Crippen LogP contribution in [0.25, 0.3) is 11.0 Å². The zero-order chi connectivity index (χ0) is 13.1. The molecule has 3 nitrogen and oxygen atoms in total. The van der Waals surface area contributed by atoms with Gasteiger partial charge in [0.2, 0.25) is 0 Å². The van der Waals surface area contributed by atoms with E-state index in [2.05, 4.69) is 38.2 Å². The van der Waals surface area contributed by atoms with Crippen LogP contribution in [0.15, 0.2) is 16.5 Å². The van der Waals surface area contributed by atoms with Gasteiger partial charge in [-0.15, -0.1) is 0 Å². The summed E-state index contributed by atoms with van der Waals surface area (Å²) < 4.78 is 11.2. The van der Waals surface area contributed by atoms with Gasteiger partial charge in [0.05, 0.1) is 13.2 Å². The van der Waals surface area contributed by atoms with Crippen molar-refractivity contribution in [3.8, 4) is 0 Å². The largest absolute Gasteiger partial charge is 0.459 e. The van der Waals surface area contributed by atoms with Gasteiger partial charge in [0, 0.05) is 18.1 Å². The third kappa shape index (κ3) is 2.42. The molecule has 2 aromatic rings. The lowest BCUT2D eigenvalue weighted by atomic mass is 10.0. The molecule has 2 rings (SSSR count). The highest BCUT2D eigenvalue weighted by Crippen LogP contribution is 2.29. The number of hydrogen-bond donors (Lipinski definition) is 1. The Morgan fingerprint density at radius 1 is 1.22 bits per heavy atom. The van der Waals surface area contributed by atoms with E-state index in [0.29, 0.717) is 6.61 Å². The van der Waals surface area contributed by atoms with E-state index >= 15 is 0 Å². The maximum absolute atomic E-state index is 5.95. The Balaban J connectivity index is 2.52. The maximum atomic E-state index is 5.95. The maximum Gasteiger partial charge on any atom is 0.135 e. The number of ether oxygens (including phenoxy) is 1. The predicted octanol–water partition coefficient (Wildman–Crippen LogP) is 3.31. The van der Waals surface area contributed by atoms with E-state index in [4.69, 9.17) is 9.15 Å². The van der Waals surface area contributed by atoms with Crippen LogP contribution >= 0.6 is 0 Å². The molecule has 0 saturated carbocycles. The van der Waals surface area contributed by atoms with Gasteiger partial charge < -0.3 is 14.5 Å². The van der Waals surface area contributed by atoms with E-state index in [1.165, 1.54) is 16.5 Å². The van der Waals surface area contributed by atoms with Gasteiger partial charge >= 0.3 is 0 Å². The Morgan fingerprint density at radius 3 is 2.61 bits per heavy atom. The van der Waals surface area contributed by atoms with Crippen molar-refractivity contribution < 1.29 is 9.15 Å². The van der Waals surface area contributed by atoms with Crippen LogP contribution in [0.5, 0.6) is 0 Å². The van der Waals surface area contributed by atoms with E-state index in [-0.39, 0.29) is 0 Å². The highest BCUT2D eigenvalue weighted by Gasteiger charge is 2.14. The summed E-state index contributed by atoms with van der Waals surface area (Å²) in [6, 6.07) is 4.30. The topological polar surface area (TPSA) is 34.4 Å². The minimum absolute atomic E-state index is 0.593. The minimum Gasteiger partial charge on any atom is -0.459 e. The fraction of sp³-hybridized carbons (Fsp3) is 0.467. The smallest absolute Gasteiger partial charge is 0.135 e. The molecule has 0 radical (unpaired) electrons. The molecule has 0 aliphatic rings. The van der Waals surface area contributed by atoms with Gasteiger partial charge in [-0.1, -0.05) is 6.92 Å². The minimum atomic E-state index is 0.593. The van der Waals surface area contributed by atoms with Crippen molar-refractivity contribution in [2.24, 2.45) is 0 Å². The van der Waals surface area contributed by atoms with E-state index < -0.39 is 0 Å². The second kappa shape index (κ2) is 5.55. The summed E-state index contributed by atoms with van der Waals surface area (Å²) in [5, 5.41) is 4.48. The van der Waals surface area contributed by atoms with Gasteiger partial charge in [-0.3, -0.25) is 0 Å². The molecule has 0 unspecified atom stereocenters. The number of methoxy groups -OCH3 is 1. The lowest BCUT2D eigenvalue weighted by Gasteiger charge is -2.03. The summed E-state index contributed by atoms with van der Waals surface area (Å²) in [5.74, 6) is 0.985. The second-order valence-corrected chi connectivity index (χ2v) is 4.65. The molecule has 0 aliphatic heterocycles. The number of fused-ring (bicyclic) bond motifs is 1. The van der Waals surface area contributed by atoms with Crippen molar-refractivity contribution >= 4 is 11.0 Å². The van der Waals surface area contributed by atoms with Gasteiger partial charge in [0.15, 0.2) is 0 Å². The van der Waals surface area contributed by atoms with Crippen molar-refractivity contribution in [2.45, 2.75) is 33.9 Å². The Morgan fingerprint density at radius 2 is 1.94 bits per heavy atom. The number of nitrogens with one attached hydrogen (secondary N) is 1. The first-order valence-corrected chi connectivity index (χ1v) is 6.38. The molecule has 0 aliphatic carbocycles. The van der Waals surface area contributed by atoms with Crippen LogP contribution in [0.2, 0.25) is 0 Å². The van der Waals surface area contributed by atoms with Crippen molar-refractivity contribution in [2.75, 3.05) is 13.7 Å². The average Bonchev–Trinajstić information content (AvgIpc) is 2.66. The van der Waals surface area contributed by atoms with Crippen LogP contribution < -0.4 is 5.32 Å². The molecule has 1 N–H and O–H groups in total. The van der Waals surface area contributed by atoms with Crippen molar-refractivity contribution in [1.82, 2.24) is 5.32 Å². The first-order chi connectivity index (χ1) is 8.67. The van der Waals surface area contributed by atoms with Crippen LogP contribution in [0.4, 0.5) is 0 Å². The molecule has 18 heavy (non-hydrogen) atoms. The van der Waals surface area contributed by atoms with E-state index in [1.807, 2.05) is 0 Å². The van der Waals surface area contributed by atoms with Gasteiger partial charge in [-0.05, 0) is 43.7 Å². The molecule has 1 heterocycles. The van der Waals surface area contributed by atoms with Crippen LogP contribution in [-0.2, 0) is 17.9 Å². The molecule has 0 amide bonds. The molecule has 0 bridgehead atoms. The Bertz CT molecular complexity index is 543. The summed E-state index contributed by atoms with van der Waals surface area (Å²) in [6.07, 6.45) is 0. The molecule has 0 spiro atoms. The van der Waals surface area contributed by atoms with Crippen LogP contribution in [0.3, 0.4) is 0 Å². The van der Waals surface area contributed by atoms with E-state index in [9.17, 15) is 0 Å². The van der Waals surface area contributed by atoms with Gasteiger partial charge in [0.1, 0.15) is 11.3 Å². The van der Waals surface area contributed by atoms with Gasteiger partial charge in [-0.2, -0.15) is 0 Å². The molecule has 0 saturated heterocycles. The number of hydrogen-bond acceptors (Lipinski definition) is 3. The summed E-state index contributed by atoms with van der Waals surface area (Å²) in [6.45, 7) is 8.60.